The van der Waals surface area contributed by atoms with Crippen LogP contribution in [0.25, 0.3) is 0 Å². The first-order valence-corrected chi connectivity index (χ1v) is 5.96. The van der Waals surface area contributed by atoms with Crippen molar-refractivity contribution in [3.63, 3.8) is 0 Å². The van der Waals surface area contributed by atoms with E-state index in [-0.39, 0.29) is 12.1 Å². The Kier molecular flexibility index (Phi) is 9.80. The number of nitrogens with one attached hydrogen (secondary N) is 2. The summed E-state index contributed by atoms with van der Waals surface area (Å²) in [5.74, 6) is 6.01. The summed E-state index contributed by atoms with van der Waals surface area (Å²) in [6, 6.07) is 0.276. The topological polar surface area (TPSA) is 80.9 Å². The van der Waals surface area contributed by atoms with Gasteiger partial charge < -0.3 is 14.8 Å². The number of rotatable bonds is 8. The maximum absolute atomic E-state index is 5.43. The first-order chi connectivity index (χ1) is 8.17. The molecule has 0 aliphatic rings. The summed E-state index contributed by atoms with van der Waals surface area (Å²) in [4.78, 5) is 4.49. The Labute approximate surface area is 104 Å². The molecule has 0 radical (unpaired) electrons. The zero-order valence-electron chi connectivity index (χ0n) is 11.3. The van der Waals surface area contributed by atoms with Crippen molar-refractivity contribution in [2.24, 2.45) is 10.8 Å². The maximum atomic E-state index is 5.43. The molecule has 0 saturated carbocycles. The van der Waals surface area contributed by atoms with Crippen LogP contribution in [-0.2, 0) is 9.47 Å². The second-order valence-electron chi connectivity index (χ2n) is 4.02. The van der Waals surface area contributed by atoms with E-state index in [9.17, 15) is 0 Å². The van der Waals surface area contributed by atoms with E-state index in [1.807, 2.05) is 6.92 Å². The van der Waals surface area contributed by atoms with Crippen LogP contribution >= 0.6 is 0 Å². The predicted molar refractivity (Wildman–Crippen MR) is 69.8 cm³/mol. The summed E-state index contributed by atoms with van der Waals surface area (Å²) < 4.78 is 10.2. The molecule has 4 N–H and O–H groups in total. The average molecular weight is 246 g/mol. The molecule has 6 heteroatoms. The van der Waals surface area contributed by atoms with Gasteiger partial charge in [0.05, 0.1) is 19.3 Å². The molecule has 0 spiro atoms. The SMILES string of the molecule is CCCC(COC)N=C(NN)NC(C)COC. The van der Waals surface area contributed by atoms with Crippen LogP contribution in [0.2, 0.25) is 0 Å². The zero-order valence-corrected chi connectivity index (χ0v) is 11.3. The van der Waals surface area contributed by atoms with Crippen molar-refractivity contribution in [2.75, 3.05) is 27.4 Å². The molecular formula is C11H26N4O2. The second kappa shape index (κ2) is 10.3. The Morgan fingerprint density at radius 1 is 1.29 bits per heavy atom. The number of hydrogen-bond acceptors (Lipinski definition) is 4. The molecule has 0 fully saturated rings. The lowest BCUT2D eigenvalue weighted by Gasteiger charge is -2.18. The van der Waals surface area contributed by atoms with Crippen molar-refractivity contribution in [3.8, 4) is 0 Å². The Bertz CT molecular complexity index is 206. The Balaban J connectivity index is 4.35. The van der Waals surface area contributed by atoms with E-state index < -0.39 is 0 Å². The Hall–Kier alpha value is -0.850. The van der Waals surface area contributed by atoms with Crippen LogP contribution in [0, 0.1) is 0 Å². The number of nitrogens with zero attached hydrogens (tertiary/aromatic N) is 1. The molecule has 0 saturated heterocycles. The molecule has 0 bridgehead atoms. The number of methoxy groups -OCH3 is 2. The number of aliphatic imine (C=N–C) groups is 1. The van der Waals surface area contributed by atoms with Gasteiger partial charge in [-0.1, -0.05) is 13.3 Å². The van der Waals surface area contributed by atoms with Gasteiger partial charge in [-0.2, -0.15) is 0 Å². The van der Waals surface area contributed by atoms with Gasteiger partial charge in [0.15, 0.2) is 0 Å². The fourth-order valence-corrected chi connectivity index (χ4v) is 1.53. The van der Waals surface area contributed by atoms with Crippen LogP contribution in [-0.4, -0.2) is 45.5 Å². The van der Waals surface area contributed by atoms with Crippen LogP contribution in [0.1, 0.15) is 26.7 Å². The lowest BCUT2D eigenvalue weighted by atomic mass is 10.2. The van der Waals surface area contributed by atoms with E-state index in [2.05, 4.69) is 22.7 Å². The van der Waals surface area contributed by atoms with E-state index in [1.165, 1.54) is 0 Å². The summed E-state index contributed by atoms with van der Waals surface area (Å²) in [6.45, 7) is 5.32. The predicted octanol–water partition coefficient (Wildman–Crippen LogP) is 0.245. The van der Waals surface area contributed by atoms with Crippen LogP contribution < -0.4 is 16.6 Å². The molecule has 102 valence electrons. The van der Waals surface area contributed by atoms with Crippen LogP contribution in [0.15, 0.2) is 4.99 Å². The highest BCUT2D eigenvalue weighted by atomic mass is 16.5. The first kappa shape index (κ1) is 16.1. The smallest absolute Gasteiger partial charge is 0.206 e. The van der Waals surface area contributed by atoms with Gasteiger partial charge in [-0.25, -0.2) is 10.8 Å². The third-order valence-electron chi connectivity index (χ3n) is 2.23. The Morgan fingerprint density at radius 3 is 2.41 bits per heavy atom. The molecule has 17 heavy (non-hydrogen) atoms. The number of nitrogens with two attached hydrogens (primary N) is 1. The van der Waals surface area contributed by atoms with Crippen molar-refractivity contribution in [1.82, 2.24) is 10.7 Å². The van der Waals surface area contributed by atoms with E-state index in [0.29, 0.717) is 19.2 Å². The summed E-state index contributed by atoms with van der Waals surface area (Å²) in [6.07, 6.45) is 2.03. The molecule has 0 aliphatic carbocycles. The van der Waals surface area contributed by atoms with Crippen molar-refractivity contribution >= 4 is 5.96 Å². The Morgan fingerprint density at radius 2 is 1.94 bits per heavy atom. The van der Waals surface area contributed by atoms with E-state index in [0.717, 1.165) is 12.8 Å². The van der Waals surface area contributed by atoms with Crippen LogP contribution in [0.4, 0.5) is 0 Å². The van der Waals surface area contributed by atoms with Crippen molar-refractivity contribution in [2.45, 2.75) is 38.8 Å². The maximum Gasteiger partial charge on any atom is 0.206 e. The van der Waals surface area contributed by atoms with Gasteiger partial charge in [-0.3, -0.25) is 5.43 Å². The van der Waals surface area contributed by atoms with Crippen molar-refractivity contribution in [1.29, 1.82) is 0 Å². The molecule has 0 aromatic carbocycles. The summed E-state index contributed by atoms with van der Waals surface area (Å²) in [5, 5.41) is 3.15. The van der Waals surface area contributed by atoms with Gasteiger partial charge in [-0.05, 0) is 13.3 Å². The number of guanidine groups is 1. The normalized spacial score (nSPS) is 15.5. The highest BCUT2D eigenvalue weighted by molar-refractivity contribution is 5.79. The molecule has 6 nitrogen and oxygen atoms in total. The van der Waals surface area contributed by atoms with E-state index in [1.54, 1.807) is 14.2 Å². The quantitative estimate of drug-likeness (QED) is 0.247. The monoisotopic (exact) mass is 246 g/mol. The van der Waals surface area contributed by atoms with Gasteiger partial charge in [0.25, 0.3) is 0 Å². The van der Waals surface area contributed by atoms with Gasteiger partial charge in [0.1, 0.15) is 0 Å². The molecule has 0 aromatic rings. The molecular weight excluding hydrogens is 220 g/mol. The van der Waals surface area contributed by atoms with Gasteiger partial charge in [0.2, 0.25) is 5.96 Å². The zero-order chi connectivity index (χ0) is 13.1. The molecule has 0 heterocycles. The second-order valence-corrected chi connectivity index (χ2v) is 4.02. The highest BCUT2D eigenvalue weighted by Gasteiger charge is 2.09. The molecule has 0 aliphatic heterocycles. The van der Waals surface area contributed by atoms with Crippen LogP contribution in [0.3, 0.4) is 0 Å². The minimum Gasteiger partial charge on any atom is -0.383 e. The van der Waals surface area contributed by atoms with Crippen LogP contribution in [0.5, 0.6) is 0 Å². The summed E-state index contributed by atoms with van der Waals surface area (Å²) >= 11 is 0. The fraction of sp³-hybridized carbons (Fsp3) is 0.909. The third-order valence-corrected chi connectivity index (χ3v) is 2.23. The lowest BCUT2D eigenvalue weighted by molar-refractivity contribution is 0.174. The largest absolute Gasteiger partial charge is 0.383 e. The standard InChI is InChI=1S/C11H26N4O2/c1-5-6-10(8-17-4)14-11(15-12)13-9(2)7-16-3/h9-10H,5-8,12H2,1-4H3,(H2,13,14,15). The molecule has 2 unspecified atom stereocenters. The van der Waals surface area contributed by atoms with Gasteiger partial charge >= 0.3 is 0 Å². The minimum atomic E-state index is 0.123. The fourth-order valence-electron chi connectivity index (χ4n) is 1.53. The first-order valence-electron chi connectivity index (χ1n) is 5.96. The molecule has 0 amide bonds. The van der Waals surface area contributed by atoms with E-state index in [4.69, 9.17) is 15.3 Å². The van der Waals surface area contributed by atoms with Gasteiger partial charge in [-0.15, -0.1) is 0 Å². The van der Waals surface area contributed by atoms with Crippen molar-refractivity contribution < 1.29 is 9.47 Å². The van der Waals surface area contributed by atoms with E-state index >= 15 is 0 Å². The van der Waals surface area contributed by atoms with Gasteiger partial charge in [0, 0.05) is 20.3 Å². The number of hydrogen-bond donors (Lipinski definition) is 3. The number of ether oxygens (including phenoxy) is 2. The number of hydrazine groups is 1. The summed E-state index contributed by atoms with van der Waals surface area (Å²) in [7, 11) is 3.34. The third kappa shape index (κ3) is 7.95. The lowest BCUT2D eigenvalue weighted by Crippen LogP contribution is -2.47. The molecule has 0 aromatic heterocycles. The average Bonchev–Trinajstić information content (AvgIpc) is 2.29. The van der Waals surface area contributed by atoms with Crippen molar-refractivity contribution in [3.05, 3.63) is 0 Å². The molecule has 2 atom stereocenters. The molecule has 0 rings (SSSR count). The summed E-state index contributed by atoms with van der Waals surface area (Å²) in [5.41, 5.74) is 2.57. The highest BCUT2D eigenvalue weighted by Crippen LogP contribution is 2.02. The minimum absolute atomic E-state index is 0.123.